The van der Waals surface area contributed by atoms with Crippen LogP contribution in [0.4, 0.5) is 5.69 Å². The zero-order valence-electron chi connectivity index (χ0n) is 10.0. The number of fused-ring (bicyclic) bond motifs is 1. The fourth-order valence-corrected chi connectivity index (χ4v) is 3.10. The van der Waals surface area contributed by atoms with E-state index in [-0.39, 0.29) is 0 Å². The highest BCUT2D eigenvalue weighted by atomic mass is 35.5. The number of hydrogen-bond acceptors (Lipinski definition) is 3. The van der Waals surface area contributed by atoms with Gasteiger partial charge in [-0.05, 0) is 36.4 Å². The first-order valence-corrected chi connectivity index (χ1v) is 7.00. The van der Waals surface area contributed by atoms with Crippen LogP contribution < -0.4 is 5.73 Å². The van der Waals surface area contributed by atoms with Crippen LogP contribution in [0.25, 0.3) is 10.9 Å². The summed E-state index contributed by atoms with van der Waals surface area (Å²) in [4.78, 5) is 6.55. The zero-order valence-corrected chi connectivity index (χ0v) is 11.6. The van der Waals surface area contributed by atoms with Gasteiger partial charge in [0.05, 0.1) is 5.52 Å². The molecule has 2 aromatic carbocycles. The molecule has 1 aromatic heterocycles. The van der Waals surface area contributed by atoms with Crippen LogP contribution in [0.1, 0.15) is 0 Å². The van der Waals surface area contributed by atoms with Crippen LogP contribution in [0.15, 0.2) is 64.4 Å². The van der Waals surface area contributed by atoms with Crippen molar-refractivity contribution in [3.63, 3.8) is 0 Å². The second-order valence-electron chi connectivity index (χ2n) is 4.13. The summed E-state index contributed by atoms with van der Waals surface area (Å²) in [6.07, 6.45) is 0. The lowest BCUT2D eigenvalue weighted by molar-refractivity contribution is 1.34. The molecule has 0 bridgehead atoms. The van der Waals surface area contributed by atoms with E-state index in [2.05, 4.69) is 11.1 Å². The number of halogens is 1. The van der Waals surface area contributed by atoms with E-state index >= 15 is 0 Å². The predicted octanol–water partition coefficient (Wildman–Crippen LogP) is 4.62. The van der Waals surface area contributed by atoms with Crippen molar-refractivity contribution in [2.45, 2.75) is 9.79 Å². The summed E-state index contributed by atoms with van der Waals surface area (Å²) in [6.45, 7) is 0. The fourth-order valence-electron chi connectivity index (χ4n) is 1.86. The lowest BCUT2D eigenvalue weighted by Gasteiger charge is -2.07. The van der Waals surface area contributed by atoms with Gasteiger partial charge < -0.3 is 5.73 Å². The summed E-state index contributed by atoms with van der Waals surface area (Å²) < 4.78 is 0. The van der Waals surface area contributed by atoms with Crippen LogP contribution in [0.3, 0.4) is 0 Å². The molecule has 0 amide bonds. The fraction of sp³-hybridized carbons (Fsp3) is 0. The quantitative estimate of drug-likeness (QED) is 0.552. The maximum absolute atomic E-state index is 6.07. The van der Waals surface area contributed by atoms with Crippen molar-refractivity contribution >= 4 is 40.0 Å². The van der Waals surface area contributed by atoms with E-state index in [0.29, 0.717) is 5.15 Å². The Labute approximate surface area is 120 Å². The highest BCUT2D eigenvalue weighted by molar-refractivity contribution is 7.99. The third-order valence-corrected chi connectivity index (χ3v) is 4.01. The minimum Gasteiger partial charge on any atom is -0.399 e. The van der Waals surface area contributed by atoms with Crippen molar-refractivity contribution in [2.75, 3.05) is 5.73 Å². The molecule has 0 radical (unpaired) electrons. The van der Waals surface area contributed by atoms with E-state index in [0.717, 1.165) is 26.4 Å². The first-order valence-electron chi connectivity index (χ1n) is 5.81. The van der Waals surface area contributed by atoms with Crippen LogP contribution in [0, 0.1) is 0 Å². The molecular formula is C15H11ClN2S. The summed E-state index contributed by atoms with van der Waals surface area (Å²) in [5.41, 5.74) is 7.37. The average Bonchev–Trinajstić information content (AvgIpc) is 2.41. The maximum atomic E-state index is 6.07. The Bertz CT molecular complexity index is 726. The van der Waals surface area contributed by atoms with Gasteiger partial charge in [-0.2, -0.15) is 0 Å². The number of rotatable bonds is 2. The molecule has 0 aliphatic rings. The number of anilines is 1. The highest BCUT2D eigenvalue weighted by Gasteiger charge is 2.06. The number of para-hydroxylation sites is 1. The third-order valence-electron chi connectivity index (χ3n) is 2.75. The molecule has 19 heavy (non-hydrogen) atoms. The Morgan fingerprint density at radius 2 is 1.74 bits per heavy atom. The smallest absolute Gasteiger partial charge is 0.130 e. The van der Waals surface area contributed by atoms with Gasteiger partial charge in [0, 0.05) is 20.9 Å². The minimum absolute atomic E-state index is 0.511. The number of nitrogens with two attached hydrogens (primary N) is 1. The van der Waals surface area contributed by atoms with Crippen molar-refractivity contribution in [3.05, 3.63) is 59.8 Å². The van der Waals surface area contributed by atoms with E-state index in [1.165, 1.54) is 0 Å². The van der Waals surface area contributed by atoms with Gasteiger partial charge in [-0.25, -0.2) is 4.98 Å². The Balaban J connectivity index is 2.07. The Morgan fingerprint density at radius 1 is 1.00 bits per heavy atom. The number of nitrogens with zero attached hydrogens (tertiary/aromatic N) is 1. The Morgan fingerprint density at radius 3 is 2.53 bits per heavy atom. The molecule has 0 spiro atoms. The molecule has 3 aromatic rings. The molecule has 94 valence electrons. The topological polar surface area (TPSA) is 38.9 Å². The second kappa shape index (κ2) is 5.11. The maximum Gasteiger partial charge on any atom is 0.130 e. The third kappa shape index (κ3) is 2.67. The van der Waals surface area contributed by atoms with Gasteiger partial charge >= 0.3 is 0 Å². The molecule has 0 saturated carbocycles. The van der Waals surface area contributed by atoms with E-state index in [9.17, 15) is 0 Å². The van der Waals surface area contributed by atoms with Crippen LogP contribution in [-0.2, 0) is 0 Å². The number of hydrogen-bond donors (Lipinski definition) is 1. The van der Waals surface area contributed by atoms with Gasteiger partial charge in [-0.1, -0.05) is 41.6 Å². The summed E-state index contributed by atoms with van der Waals surface area (Å²) in [5.74, 6) is 0. The minimum atomic E-state index is 0.511. The van der Waals surface area contributed by atoms with E-state index in [4.69, 9.17) is 17.3 Å². The van der Waals surface area contributed by atoms with Crippen molar-refractivity contribution in [1.82, 2.24) is 4.98 Å². The average molecular weight is 287 g/mol. The lowest BCUT2D eigenvalue weighted by Crippen LogP contribution is -1.85. The molecule has 1 heterocycles. The molecule has 0 saturated heterocycles. The molecule has 0 atom stereocenters. The number of pyridine rings is 1. The van der Waals surface area contributed by atoms with Crippen LogP contribution in [0.2, 0.25) is 5.15 Å². The van der Waals surface area contributed by atoms with Gasteiger partial charge in [0.1, 0.15) is 5.15 Å². The van der Waals surface area contributed by atoms with Crippen molar-refractivity contribution in [1.29, 1.82) is 0 Å². The van der Waals surface area contributed by atoms with Crippen molar-refractivity contribution in [3.8, 4) is 0 Å². The van der Waals surface area contributed by atoms with Gasteiger partial charge in [-0.15, -0.1) is 0 Å². The zero-order chi connectivity index (χ0) is 13.2. The number of benzene rings is 2. The monoisotopic (exact) mass is 286 g/mol. The SMILES string of the molecule is Nc1ccc(Sc2cc(Cl)nc3ccccc23)cc1. The van der Waals surface area contributed by atoms with E-state index in [1.54, 1.807) is 11.8 Å². The van der Waals surface area contributed by atoms with Gasteiger partial charge in [-0.3, -0.25) is 0 Å². The van der Waals surface area contributed by atoms with E-state index < -0.39 is 0 Å². The molecule has 2 N–H and O–H groups in total. The second-order valence-corrected chi connectivity index (χ2v) is 5.63. The highest BCUT2D eigenvalue weighted by Crippen LogP contribution is 2.34. The lowest BCUT2D eigenvalue weighted by atomic mass is 10.2. The number of nitrogen functional groups attached to an aromatic ring is 1. The summed E-state index contributed by atoms with van der Waals surface area (Å²) >= 11 is 7.73. The molecule has 0 aliphatic heterocycles. The molecular weight excluding hydrogens is 276 g/mol. The molecule has 3 rings (SSSR count). The van der Waals surface area contributed by atoms with Gasteiger partial charge in [0.2, 0.25) is 0 Å². The summed E-state index contributed by atoms with van der Waals surface area (Å²) in [6, 6.07) is 17.7. The summed E-state index contributed by atoms with van der Waals surface area (Å²) in [5, 5.41) is 1.62. The first-order chi connectivity index (χ1) is 9.22. The normalized spacial score (nSPS) is 10.8. The van der Waals surface area contributed by atoms with E-state index in [1.807, 2.05) is 48.5 Å². The number of aromatic nitrogens is 1. The van der Waals surface area contributed by atoms with Crippen molar-refractivity contribution < 1.29 is 0 Å². The molecule has 4 heteroatoms. The van der Waals surface area contributed by atoms with Crippen molar-refractivity contribution in [2.24, 2.45) is 0 Å². The Kier molecular flexibility index (Phi) is 3.32. The van der Waals surface area contributed by atoms with Crippen LogP contribution in [0.5, 0.6) is 0 Å². The van der Waals surface area contributed by atoms with Crippen LogP contribution in [-0.4, -0.2) is 4.98 Å². The molecule has 0 fully saturated rings. The molecule has 0 aliphatic carbocycles. The van der Waals surface area contributed by atoms with Gasteiger partial charge in [0.25, 0.3) is 0 Å². The summed E-state index contributed by atoms with van der Waals surface area (Å²) in [7, 11) is 0. The first kappa shape index (κ1) is 12.3. The predicted molar refractivity (Wildman–Crippen MR) is 81.7 cm³/mol. The molecule has 2 nitrogen and oxygen atoms in total. The standard InChI is InChI=1S/C15H11ClN2S/c16-15-9-14(12-3-1-2-4-13(12)18-15)19-11-7-5-10(17)6-8-11/h1-9H,17H2. The largest absolute Gasteiger partial charge is 0.399 e. The molecule has 0 unspecified atom stereocenters. The Hall–Kier alpha value is -1.71. The van der Waals surface area contributed by atoms with Gasteiger partial charge in [0.15, 0.2) is 0 Å². The van der Waals surface area contributed by atoms with Crippen LogP contribution >= 0.6 is 23.4 Å².